The summed E-state index contributed by atoms with van der Waals surface area (Å²) in [6.07, 6.45) is -4.48. The third kappa shape index (κ3) is 5.71. The van der Waals surface area contributed by atoms with E-state index in [1.807, 2.05) is 6.92 Å². The summed E-state index contributed by atoms with van der Waals surface area (Å²) in [5.41, 5.74) is 1.21. The fourth-order valence-electron chi connectivity index (χ4n) is 2.99. The number of amides is 1. The second-order valence-corrected chi connectivity index (χ2v) is 9.08. The number of rotatable bonds is 7. The smallest absolute Gasteiger partial charge is 0.355 e. The van der Waals surface area contributed by atoms with E-state index in [1.165, 1.54) is 37.4 Å². The van der Waals surface area contributed by atoms with Gasteiger partial charge < -0.3 is 10.6 Å². The van der Waals surface area contributed by atoms with E-state index in [2.05, 4.69) is 20.5 Å². The molecule has 0 fully saturated rings. The van der Waals surface area contributed by atoms with Crippen LogP contribution in [0, 0.1) is 6.92 Å². The average Bonchev–Trinajstić information content (AvgIpc) is 3.09. The number of hydrogen-bond acceptors (Lipinski definition) is 5. The summed E-state index contributed by atoms with van der Waals surface area (Å²) in [6.45, 7) is 1.96. The number of hydrogen-bond donors (Lipinski definition) is 3. The van der Waals surface area contributed by atoms with Gasteiger partial charge in [0.05, 0.1) is 33.9 Å². The molecule has 0 atom stereocenters. The molecule has 1 amide bonds. The maximum atomic E-state index is 12.9. The molecule has 0 saturated carbocycles. The van der Waals surface area contributed by atoms with Crippen molar-refractivity contribution in [1.82, 2.24) is 19.8 Å². The van der Waals surface area contributed by atoms with Crippen LogP contribution in [0.2, 0.25) is 0 Å². The first-order valence-electron chi connectivity index (χ1n) is 9.70. The first-order chi connectivity index (χ1) is 15.4. The minimum atomic E-state index is -4.48. The summed E-state index contributed by atoms with van der Waals surface area (Å²) in [7, 11) is -0.828. The molecule has 0 aliphatic carbocycles. The van der Waals surface area contributed by atoms with E-state index in [4.69, 9.17) is 0 Å². The van der Waals surface area contributed by atoms with Crippen LogP contribution < -0.4 is 15.4 Å². The summed E-state index contributed by atoms with van der Waals surface area (Å²) in [5, 5.41) is 9.82. The van der Waals surface area contributed by atoms with E-state index in [1.54, 1.807) is 17.8 Å². The molecule has 2 aromatic carbocycles. The van der Waals surface area contributed by atoms with E-state index in [0.717, 1.165) is 17.8 Å². The van der Waals surface area contributed by atoms with Crippen molar-refractivity contribution in [3.05, 3.63) is 71.0 Å². The molecule has 176 valence electrons. The molecule has 33 heavy (non-hydrogen) atoms. The maximum Gasteiger partial charge on any atom is 0.416 e. The standard InChI is InChI=1S/C21H22F3N5O3S/c1-13-10-16(28-29(13)3)12-26-20(30)18-11-17(33(31,32)25-2)8-9-19(18)27-15-6-4-14(5-7-15)21(22,23)24/h4-11,25,27H,12H2,1-3H3,(H,26,30). The van der Waals surface area contributed by atoms with Crippen molar-refractivity contribution in [2.24, 2.45) is 7.05 Å². The Labute approximate surface area is 188 Å². The molecule has 3 rings (SSSR count). The lowest BCUT2D eigenvalue weighted by Gasteiger charge is -2.15. The van der Waals surface area contributed by atoms with Gasteiger partial charge in [-0.05, 0) is 62.5 Å². The molecule has 0 bridgehead atoms. The van der Waals surface area contributed by atoms with Gasteiger partial charge in [0, 0.05) is 18.4 Å². The van der Waals surface area contributed by atoms with Crippen LogP contribution >= 0.6 is 0 Å². The zero-order valence-electron chi connectivity index (χ0n) is 18.0. The van der Waals surface area contributed by atoms with Crippen LogP contribution in [0.3, 0.4) is 0 Å². The number of carbonyl (C=O) groups is 1. The highest BCUT2D eigenvalue weighted by atomic mass is 32.2. The lowest BCUT2D eigenvalue weighted by Crippen LogP contribution is -2.25. The third-order valence-electron chi connectivity index (χ3n) is 4.90. The van der Waals surface area contributed by atoms with Crippen molar-refractivity contribution in [2.45, 2.75) is 24.5 Å². The van der Waals surface area contributed by atoms with Gasteiger partial charge in [-0.2, -0.15) is 18.3 Å². The Balaban J connectivity index is 1.91. The number of aryl methyl sites for hydroxylation is 2. The first kappa shape index (κ1) is 24.3. The Morgan fingerprint density at radius 2 is 1.76 bits per heavy atom. The van der Waals surface area contributed by atoms with Crippen molar-refractivity contribution in [3.63, 3.8) is 0 Å². The minimum absolute atomic E-state index is 0.00104. The largest absolute Gasteiger partial charge is 0.416 e. The average molecular weight is 482 g/mol. The fourth-order valence-corrected chi connectivity index (χ4v) is 3.75. The molecule has 0 aliphatic heterocycles. The zero-order valence-corrected chi connectivity index (χ0v) is 18.8. The van der Waals surface area contributed by atoms with Gasteiger partial charge in [0.2, 0.25) is 10.0 Å². The molecule has 1 heterocycles. The van der Waals surface area contributed by atoms with E-state index in [9.17, 15) is 26.4 Å². The molecule has 1 aromatic heterocycles. The molecule has 0 aliphatic rings. The van der Waals surface area contributed by atoms with Crippen LogP contribution in [0.4, 0.5) is 24.5 Å². The lowest BCUT2D eigenvalue weighted by molar-refractivity contribution is -0.137. The quantitative estimate of drug-likeness (QED) is 0.480. The van der Waals surface area contributed by atoms with Crippen molar-refractivity contribution < 1.29 is 26.4 Å². The number of benzene rings is 2. The number of anilines is 2. The topological polar surface area (TPSA) is 105 Å². The molecule has 0 radical (unpaired) electrons. The molecule has 12 heteroatoms. The summed E-state index contributed by atoms with van der Waals surface area (Å²) in [5.74, 6) is -0.583. The van der Waals surface area contributed by atoms with E-state index < -0.39 is 27.7 Å². The van der Waals surface area contributed by atoms with Crippen LogP contribution in [-0.4, -0.2) is 31.2 Å². The molecule has 3 aromatic rings. The summed E-state index contributed by atoms with van der Waals surface area (Å²) < 4.78 is 66.7. The van der Waals surface area contributed by atoms with Crippen LogP contribution in [0.15, 0.2) is 53.4 Å². The Bertz CT molecular complexity index is 1250. The number of alkyl halides is 3. The van der Waals surface area contributed by atoms with Crippen molar-refractivity contribution in [1.29, 1.82) is 0 Å². The molecule has 0 unspecified atom stereocenters. The Kier molecular flexibility index (Phi) is 6.79. The summed E-state index contributed by atoms with van der Waals surface area (Å²) in [4.78, 5) is 12.8. The van der Waals surface area contributed by atoms with Gasteiger partial charge in [-0.15, -0.1) is 0 Å². The van der Waals surface area contributed by atoms with Gasteiger partial charge in [-0.1, -0.05) is 0 Å². The summed E-state index contributed by atoms with van der Waals surface area (Å²) >= 11 is 0. The van der Waals surface area contributed by atoms with E-state index >= 15 is 0 Å². The fraction of sp³-hybridized carbons (Fsp3) is 0.238. The third-order valence-corrected chi connectivity index (χ3v) is 6.31. The van der Waals surface area contributed by atoms with E-state index in [-0.39, 0.29) is 22.7 Å². The second kappa shape index (κ2) is 9.24. The Morgan fingerprint density at radius 1 is 1.09 bits per heavy atom. The predicted molar refractivity (Wildman–Crippen MR) is 117 cm³/mol. The minimum Gasteiger partial charge on any atom is -0.355 e. The van der Waals surface area contributed by atoms with Gasteiger partial charge >= 0.3 is 6.18 Å². The van der Waals surface area contributed by atoms with E-state index in [0.29, 0.717) is 11.4 Å². The van der Waals surface area contributed by atoms with Crippen LogP contribution in [0.25, 0.3) is 0 Å². The SMILES string of the molecule is CNS(=O)(=O)c1ccc(Nc2ccc(C(F)(F)F)cc2)c(C(=O)NCc2cc(C)n(C)n2)c1. The van der Waals surface area contributed by atoms with Gasteiger partial charge in [0.1, 0.15) is 0 Å². The molecule has 3 N–H and O–H groups in total. The highest BCUT2D eigenvalue weighted by molar-refractivity contribution is 7.89. The molecular weight excluding hydrogens is 459 g/mol. The van der Waals surface area contributed by atoms with Crippen molar-refractivity contribution in [3.8, 4) is 0 Å². The monoisotopic (exact) mass is 481 g/mol. The van der Waals surface area contributed by atoms with Crippen molar-refractivity contribution >= 4 is 27.3 Å². The normalized spacial score (nSPS) is 11.9. The number of sulfonamides is 1. The number of nitrogens with zero attached hydrogens (tertiary/aromatic N) is 2. The predicted octanol–water partition coefficient (Wildman–Crippen LogP) is 3.33. The van der Waals surface area contributed by atoms with Crippen LogP contribution in [-0.2, 0) is 29.8 Å². The number of aromatic nitrogens is 2. The Morgan fingerprint density at radius 3 is 2.30 bits per heavy atom. The second-order valence-electron chi connectivity index (χ2n) is 7.20. The lowest BCUT2D eigenvalue weighted by atomic mass is 10.1. The number of nitrogens with one attached hydrogen (secondary N) is 3. The van der Waals surface area contributed by atoms with Gasteiger partial charge in [0.15, 0.2) is 0 Å². The molecular formula is C21H22F3N5O3S. The van der Waals surface area contributed by atoms with Crippen LogP contribution in [0.1, 0.15) is 27.3 Å². The molecule has 0 saturated heterocycles. The Hall–Kier alpha value is -3.38. The van der Waals surface area contributed by atoms with Crippen LogP contribution in [0.5, 0.6) is 0 Å². The van der Waals surface area contributed by atoms with Gasteiger partial charge in [-0.25, -0.2) is 13.1 Å². The maximum absolute atomic E-state index is 12.9. The first-order valence-corrected chi connectivity index (χ1v) is 11.2. The van der Waals surface area contributed by atoms with Gasteiger partial charge in [0.25, 0.3) is 5.91 Å². The zero-order chi connectivity index (χ0) is 24.4. The highest BCUT2D eigenvalue weighted by Gasteiger charge is 2.30. The number of halogens is 3. The molecule has 0 spiro atoms. The molecule has 8 nitrogen and oxygen atoms in total. The highest BCUT2D eigenvalue weighted by Crippen LogP contribution is 2.31. The van der Waals surface area contributed by atoms with Gasteiger partial charge in [-0.3, -0.25) is 9.48 Å². The van der Waals surface area contributed by atoms with Crippen molar-refractivity contribution in [2.75, 3.05) is 12.4 Å². The number of carbonyl (C=O) groups excluding carboxylic acids is 1. The summed E-state index contributed by atoms with van der Waals surface area (Å²) in [6, 6.07) is 9.91.